The van der Waals surface area contributed by atoms with E-state index in [4.69, 9.17) is 4.74 Å². The van der Waals surface area contributed by atoms with Gasteiger partial charge < -0.3 is 4.74 Å². The minimum atomic E-state index is -0.477. The third-order valence-corrected chi connectivity index (χ3v) is 3.53. The summed E-state index contributed by atoms with van der Waals surface area (Å²) in [5, 5.41) is 2.81. The number of carbonyl (C=O) groups is 2. The van der Waals surface area contributed by atoms with E-state index < -0.39 is 5.97 Å². The molecule has 0 N–H and O–H groups in total. The number of ketones is 1. The molecule has 5 heteroatoms. The van der Waals surface area contributed by atoms with E-state index in [-0.39, 0.29) is 5.78 Å². The molecule has 0 unspecified atom stereocenters. The van der Waals surface area contributed by atoms with Crippen LogP contribution in [0.3, 0.4) is 0 Å². The molecular formula is C16H15NO3S. The highest BCUT2D eigenvalue weighted by atomic mass is 32.1. The van der Waals surface area contributed by atoms with Gasteiger partial charge in [0.05, 0.1) is 10.7 Å². The lowest BCUT2D eigenvalue weighted by molar-refractivity contribution is -0.128. The zero-order valence-corrected chi connectivity index (χ0v) is 12.6. The quantitative estimate of drug-likeness (QED) is 0.366. The van der Waals surface area contributed by atoms with Gasteiger partial charge in [-0.25, -0.2) is 9.78 Å². The van der Waals surface area contributed by atoms with Crippen molar-refractivity contribution in [1.29, 1.82) is 0 Å². The number of Topliss-reactive ketones (excluding diaryl/α,β-unsaturated/α-hetero) is 1. The van der Waals surface area contributed by atoms with E-state index in [9.17, 15) is 9.59 Å². The van der Waals surface area contributed by atoms with Gasteiger partial charge in [-0.3, -0.25) is 4.79 Å². The van der Waals surface area contributed by atoms with Gasteiger partial charge >= 0.3 is 5.97 Å². The molecule has 1 aromatic carbocycles. The number of aryl methyl sites for hydroxylation is 1. The fourth-order valence-electron chi connectivity index (χ4n) is 1.67. The lowest BCUT2D eigenvalue weighted by Crippen LogP contribution is -2.04. The molecule has 0 radical (unpaired) electrons. The Bertz CT molecular complexity index is 671. The molecule has 2 aromatic rings. The lowest BCUT2D eigenvalue weighted by Gasteiger charge is -2.02. The zero-order chi connectivity index (χ0) is 15.2. The fourth-order valence-corrected chi connectivity index (χ4v) is 2.25. The number of benzene rings is 1. The molecule has 0 aliphatic rings. The maximum atomic E-state index is 11.7. The Hall–Kier alpha value is -2.27. The average molecular weight is 301 g/mol. The van der Waals surface area contributed by atoms with Crippen LogP contribution in [-0.4, -0.2) is 16.7 Å². The average Bonchev–Trinajstić information content (AvgIpc) is 2.91. The molecule has 21 heavy (non-hydrogen) atoms. The summed E-state index contributed by atoms with van der Waals surface area (Å²) in [5.41, 5.74) is 1.35. The van der Waals surface area contributed by atoms with Crippen molar-refractivity contribution in [3.8, 4) is 5.75 Å². The molecule has 2 rings (SSSR count). The predicted octanol–water partition coefficient (Wildman–Crippen LogP) is 3.66. The smallest absolute Gasteiger partial charge is 0.336 e. The minimum Gasteiger partial charge on any atom is -0.423 e. The van der Waals surface area contributed by atoms with Crippen LogP contribution in [-0.2, 0) is 4.79 Å². The maximum absolute atomic E-state index is 11.7. The van der Waals surface area contributed by atoms with E-state index >= 15 is 0 Å². The van der Waals surface area contributed by atoms with Crippen molar-refractivity contribution in [2.24, 2.45) is 0 Å². The van der Waals surface area contributed by atoms with E-state index in [1.54, 1.807) is 37.3 Å². The molecule has 0 spiro atoms. The molecule has 0 saturated carbocycles. The normalized spacial score (nSPS) is 10.8. The summed E-state index contributed by atoms with van der Waals surface area (Å²) in [6.07, 6.45) is 3.40. The van der Waals surface area contributed by atoms with Gasteiger partial charge in [0.2, 0.25) is 0 Å². The molecule has 0 fully saturated rings. The van der Waals surface area contributed by atoms with Crippen molar-refractivity contribution < 1.29 is 14.3 Å². The highest BCUT2D eigenvalue weighted by molar-refractivity contribution is 7.09. The van der Waals surface area contributed by atoms with Crippen molar-refractivity contribution in [2.75, 3.05) is 0 Å². The third-order valence-electron chi connectivity index (χ3n) is 2.74. The van der Waals surface area contributed by atoms with Gasteiger partial charge in [-0.2, -0.15) is 0 Å². The van der Waals surface area contributed by atoms with Gasteiger partial charge in [0, 0.05) is 23.4 Å². The molecule has 1 heterocycles. The van der Waals surface area contributed by atoms with E-state index in [1.807, 2.05) is 12.3 Å². The van der Waals surface area contributed by atoms with Crippen molar-refractivity contribution >= 4 is 29.2 Å². The number of hydrogen-bond donors (Lipinski definition) is 0. The van der Waals surface area contributed by atoms with Crippen LogP contribution in [0.1, 0.15) is 34.4 Å². The first-order valence-corrected chi connectivity index (χ1v) is 7.41. The Morgan fingerprint density at radius 1 is 1.29 bits per heavy atom. The summed E-state index contributed by atoms with van der Waals surface area (Å²) in [7, 11) is 0. The fraction of sp³-hybridized carbons (Fsp3) is 0.188. The number of carbonyl (C=O) groups excluding carboxylic acids is 2. The molecule has 0 saturated heterocycles. The number of esters is 1. The molecule has 0 aliphatic carbocycles. The zero-order valence-electron chi connectivity index (χ0n) is 11.8. The Morgan fingerprint density at radius 2 is 2.00 bits per heavy atom. The van der Waals surface area contributed by atoms with Crippen molar-refractivity contribution in [1.82, 2.24) is 4.98 Å². The second-order valence-corrected chi connectivity index (χ2v) is 5.41. The summed E-state index contributed by atoms with van der Waals surface area (Å²) in [6.45, 7) is 3.71. The van der Waals surface area contributed by atoms with Crippen LogP contribution in [0.2, 0.25) is 0 Å². The Labute approximate surface area is 127 Å². The van der Waals surface area contributed by atoms with E-state index in [0.717, 1.165) is 10.7 Å². The molecule has 108 valence electrons. The summed E-state index contributed by atoms with van der Waals surface area (Å²) in [6, 6.07) is 6.53. The summed E-state index contributed by atoms with van der Waals surface area (Å²) >= 11 is 1.52. The number of aromatic nitrogens is 1. The molecule has 4 nitrogen and oxygen atoms in total. The van der Waals surface area contributed by atoms with Crippen LogP contribution in [0, 0.1) is 6.92 Å². The van der Waals surface area contributed by atoms with Crippen LogP contribution >= 0.6 is 11.3 Å². The summed E-state index contributed by atoms with van der Waals surface area (Å²) in [4.78, 5) is 27.4. The number of nitrogens with zero attached hydrogens (tertiary/aromatic N) is 1. The molecule has 0 atom stereocenters. The van der Waals surface area contributed by atoms with E-state index in [2.05, 4.69) is 4.98 Å². The molecule has 0 aliphatic heterocycles. The van der Waals surface area contributed by atoms with Crippen LogP contribution in [0.4, 0.5) is 0 Å². The van der Waals surface area contributed by atoms with Gasteiger partial charge in [0.1, 0.15) is 5.75 Å². The van der Waals surface area contributed by atoms with Crippen LogP contribution in [0.25, 0.3) is 6.08 Å². The molecule has 0 bridgehead atoms. The summed E-state index contributed by atoms with van der Waals surface area (Å²) in [5.74, 6) is -0.00587. The highest BCUT2D eigenvalue weighted by Gasteiger charge is 2.05. The largest absolute Gasteiger partial charge is 0.423 e. The van der Waals surface area contributed by atoms with Crippen molar-refractivity contribution in [3.63, 3.8) is 0 Å². The second-order valence-electron chi connectivity index (χ2n) is 4.35. The standard InChI is InChI=1S/C16H15NO3S/c1-3-15(18)12-4-7-14(8-5-12)20-16(19)9-6-13-10-21-11(2)17-13/h4-10H,3H2,1-2H3/b9-6+. The van der Waals surface area contributed by atoms with Crippen molar-refractivity contribution in [2.45, 2.75) is 20.3 Å². The number of ether oxygens (including phenoxy) is 1. The Morgan fingerprint density at radius 3 is 2.57 bits per heavy atom. The van der Waals surface area contributed by atoms with Crippen molar-refractivity contribution in [3.05, 3.63) is 52.0 Å². The first-order chi connectivity index (χ1) is 10.1. The van der Waals surface area contributed by atoms with Gasteiger partial charge in [-0.05, 0) is 37.3 Å². The topological polar surface area (TPSA) is 56.3 Å². The van der Waals surface area contributed by atoms with Gasteiger partial charge in [-0.15, -0.1) is 11.3 Å². The SMILES string of the molecule is CCC(=O)c1ccc(OC(=O)/C=C/c2csc(C)n2)cc1. The van der Waals surface area contributed by atoms with Gasteiger partial charge in [0.25, 0.3) is 0 Å². The monoisotopic (exact) mass is 301 g/mol. The van der Waals surface area contributed by atoms with Crippen LogP contribution < -0.4 is 4.74 Å². The number of thiazole rings is 1. The Balaban J connectivity index is 1.96. The Kier molecular flexibility index (Phi) is 5.00. The van der Waals surface area contributed by atoms with Gasteiger partial charge in [0.15, 0.2) is 5.78 Å². The van der Waals surface area contributed by atoms with Crippen LogP contribution in [0.5, 0.6) is 5.75 Å². The van der Waals surface area contributed by atoms with Crippen LogP contribution in [0.15, 0.2) is 35.7 Å². The highest BCUT2D eigenvalue weighted by Crippen LogP contribution is 2.14. The first-order valence-electron chi connectivity index (χ1n) is 6.53. The second kappa shape index (κ2) is 6.95. The summed E-state index contributed by atoms with van der Waals surface area (Å²) < 4.78 is 5.15. The van der Waals surface area contributed by atoms with E-state index in [1.165, 1.54) is 17.4 Å². The molecular weight excluding hydrogens is 286 g/mol. The minimum absolute atomic E-state index is 0.0617. The maximum Gasteiger partial charge on any atom is 0.336 e. The molecule has 0 amide bonds. The predicted molar refractivity (Wildman–Crippen MR) is 82.6 cm³/mol. The number of rotatable bonds is 5. The molecule has 1 aromatic heterocycles. The first kappa shape index (κ1) is 15.1. The lowest BCUT2D eigenvalue weighted by atomic mass is 10.1. The number of hydrogen-bond acceptors (Lipinski definition) is 5. The van der Waals surface area contributed by atoms with E-state index in [0.29, 0.717) is 17.7 Å². The third kappa shape index (κ3) is 4.36. The van der Waals surface area contributed by atoms with Gasteiger partial charge in [-0.1, -0.05) is 6.92 Å².